The Labute approximate surface area is 523 Å². The van der Waals surface area contributed by atoms with Crippen molar-refractivity contribution in [3.05, 3.63) is 164 Å². The molecule has 6 unspecified atom stereocenters. The summed E-state index contributed by atoms with van der Waals surface area (Å²) in [6.07, 6.45) is 20.7. The van der Waals surface area contributed by atoms with Gasteiger partial charge in [0.25, 0.3) is 0 Å². The number of piperidine rings is 2. The van der Waals surface area contributed by atoms with Gasteiger partial charge in [-0.05, 0) is 198 Å². The number of carbonyl (C=O) groups is 4. The van der Waals surface area contributed by atoms with Gasteiger partial charge in [-0.15, -0.1) is 0 Å². The first-order valence-electron chi connectivity index (χ1n) is 31.0. The number of rotatable bonds is 14. The predicted octanol–water partition coefficient (Wildman–Crippen LogP) is 12.6. The molecular weight excluding hydrogens is 1160 g/mol. The van der Waals surface area contributed by atoms with Gasteiger partial charge in [-0.2, -0.15) is 4.79 Å². The lowest BCUT2D eigenvalue weighted by atomic mass is 9.75. The van der Waals surface area contributed by atoms with Crippen LogP contribution >= 0.6 is 23.2 Å². The Morgan fingerprint density at radius 3 is 1.73 bits per heavy atom. The molecule has 18 nitrogen and oxygen atoms in total. The van der Waals surface area contributed by atoms with E-state index in [0.29, 0.717) is 61.9 Å². The number of imidazole rings is 2. The van der Waals surface area contributed by atoms with E-state index in [4.69, 9.17) is 52.1 Å². The monoisotopic (exact) mass is 1230 g/mol. The molecule has 4 aromatic heterocycles. The standard InChI is InChI=1S/C68H76Cl2N10O8/c1-65(2,87-63(83)79-26-16-40(17-27-79)55-47-14-12-45(69)32-49(47)51(30-42-10-8-24-73-57(42)55)59(53-36-71-38-77(53)6)75-61(81)85-66(3)20-21-66)34-44-35-68(44,5)86-62(82)76-60(54-37-72-39-78(54)7)52-31-43-11-9-25-74-58(43)56(48-15-13-46(70)33-50(48)52)41-18-28-80(29-19-41)64(84)88-67(4)22-23-67/h8-15,24-25,30-33,36-41,44,55-56,59-60H,16-23,26-29,34-35H2,1-7H3,(H,75,81)(H,76,82)/p+1. The molecule has 4 amide bonds. The Balaban J connectivity index is 0.676. The zero-order chi connectivity index (χ0) is 61.4. The van der Waals surface area contributed by atoms with Gasteiger partial charge in [-0.3, -0.25) is 9.97 Å². The molecular formula is C68H77Cl2N10O8+. The Morgan fingerprint density at radius 2 is 1.19 bits per heavy atom. The van der Waals surface area contributed by atoms with Gasteiger partial charge < -0.3 is 43.2 Å². The van der Waals surface area contributed by atoms with Gasteiger partial charge >= 0.3 is 24.4 Å². The summed E-state index contributed by atoms with van der Waals surface area (Å²) in [5.41, 5.74) is 8.38. The second-order valence-corrected chi connectivity index (χ2v) is 27.8. The lowest BCUT2D eigenvalue weighted by molar-refractivity contribution is -0.602. The summed E-state index contributed by atoms with van der Waals surface area (Å²) in [4.78, 5) is 78.4. The molecule has 2 saturated heterocycles. The molecule has 5 fully saturated rings. The maximum absolute atomic E-state index is 14.6. The van der Waals surface area contributed by atoms with Crippen molar-refractivity contribution in [1.29, 1.82) is 0 Å². The van der Waals surface area contributed by atoms with Crippen LogP contribution in [0.25, 0.3) is 23.3 Å². The minimum Gasteiger partial charge on any atom is -0.443 e. The second kappa shape index (κ2) is 23.1. The molecule has 0 bridgehead atoms. The molecule has 20 heteroatoms. The quantitative estimate of drug-likeness (QED) is 0.0979. The molecule has 3 N–H and O–H groups in total. The molecule has 0 spiro atoms. The fourth-order valence-corrected chi connectivity index (χ4v) is 14.5. The van der Waals surface area contributed by atoms with E-state index < -0.39 is 35.0 Å². The maximum atomic E-state index is 14.6. The highest BCUT2D eigenvalue weighted by Crippen LogP contribution is 2.53. The Bertz CT molecular complexity index is 3780. The van der Waals surface area contributed by atoms with E-state index in [1.165, 1.54) is 0 Å². The molecule has 2 aliphatic heterocycles. The molecule has 0 radical (unpaired) electrons. The minimum absolute atomic E-state index is 0.0839. The highest BCUT2D eigenvalue weighted by molar-refractivity contribution is 6.31. The fourth-order valence-electron chi connectivity index (χ4n) is 14.1. The number of alkyl carbamates (subject to hydrolysis) is 1. The molecule has 2 aromatic carbocycles. The van der Waals surface area contributed by atoms with Gasteiger partial charge in [-0.25, -0.2) is 29.7 Å². The number of quaternary nitrogens is 1. The summed E-state index contributed by atoms with van der Waals surface area (Å²) in [7, 11) is 3.83. The molecule has 7 aliphatic rings. The third-order valence-electron chi connectivity index (χ3n) is 19.7. The smallest absolute Gasteiger partial charge is 0.443 e. The van der Waals surface area contributed by atoms with Crippen molar-refractivity contribution in [2.45, 2.75) is 145 Å². The first-order valence-corrected chi connectivity index (χ1v) is 31.8. The third kappa shape index (κ3) is 12.2. The number of carbonyl (C=O) groups excluding carboxylic acids is 4. The van der Waals surface area contributed by atoms with Crippen molar-refractivity contribution in [3.63, 3.8) is 0 Å². The molecule has 13 rings (SSSR count). The SMILES string of the molecule is Cn1cncc1C(NC(=O)OC1(C)CC1CC(C)(C)OC(=O)N1CCC(C2c3ccc(Cl)cc3C(C([NH2+]C(=O)OC3(C)CC3)c3cncn3C)=Cc3cccnc32)CC1)C1=Cc2cccnc2C(C2CCN(C(=O)OC3(C)CC3)CC2)c2ccc(Cl)cc21. The van der Waals surface area contributed by atoms with E-state index in [9.17, 15) is 19.2 Å². The van der Waals surface area contributed by atoms with Crippen LogP contribution < -0.4 is 10.6 Å². The number of nitrogens with two attached hydrogens (primary N) is 1. The Kier molecular flexibility index (Phi) is 15.6. The molecule has 5 aliphatic carbocycles. The molecule has 6 atom stereocenters. The van der Waals surface area contributed by atoms with Crippen LogP contribution in [-0.4, -0.2) is 112 Å². The van der Waals surface area contributed by atoms with Crippen LogP contribution in [-0.2, 0) is 33.0 Å². The zero-order valence-corrected chi connectivity index (χ0v) is 52.5. The number of fused-ring (bicyclic) bond motifs is 4. The largest absolute Gasteiger partial charge is 0.514 e. The lowest BCUT2D eigenvalue weighted by Gasteiger charge is -2.38. The summed E-state index contributed by atoms with van der Waals surface area (Å²) >= 11 is 13.8. The van der Waals surface area contributed by atoms with Crippen molar-refractivity contribution in [1.82, 2.24) is 44.2 Å². The summed E-state index contributed by atoms with van der Waals surface area (Å²) in [5, 5.41) is 6.06. The molecule has 460 valence electrons. The fraction of sp³-hybridized carbons (Fsp3) is 0.471. The average Bonchev–Trinajstić information content (AvgIpc) is 2.56. The van der Waals surface area contributed by atoms with E-state index in [0.717, 1.165) is 106 Å². The highest BCUT2D eigenvalue weighted by atomic mass is 35.5. The lowest BCUT2D eigenvalue weighted by Crippen LogP contribution is -2.89. The number of nitrogens with one attached hydrogen (secondary N) is 1. The normalized spacial score (nSPS) is 23.2. The van der Waals surface area contributed by atoms with Crippen molar-refractivity contribution in [3.8, 4) is 0 Å². The predicted molar refractivity (Wildman–Crippen MR) is 333 cm³/mol. The van der Waals surface area contributed by atoms with Crippen LogP contribution in [0.15, 0.2) is 98.1 Å². The van der Waals surface area contributed by atoms with Crippen LogP contribution in [0, 0.1) is 17.8 Å². The number of amides is 4. The number of aromatic nitrogens is 6. The number of hydrogen-bond acceptors (Lipinski definition) is 12. The number of halogens is 2. The van der Waals surface area contributed by atoms with Crippen molar-refractivity contribution >= 4 is 70.9 Å². The number of primary amides is 1. The topological polar surface area (TPSA) is 202 Å². The number of likely N-dealkylation sites (tertiary alicyclic amines) is 2. The second-order valence-electron chi connectivity index (χ2n) is 26.9. The molecule has 6 aromatic rings. The van der Waals surface area contributed by atoms with E-state index in [-0.39, 0.29) is 53.5 Å². The summed E-state index contributed by atoms with van der Waals surface area (Å²) in [5.74, 6) is -0.104. The molecule has 6 heterocycles. The molecule has 3 saturated carbocycles. The van der Waals surface area contributed by atoms with Crippen molar-refractivity contribution in [2.75, 3.05) is 26.2 Å². The summed E-state index contributed by atoms with van der Waals surface area (Å²) in [6.45, 7) is 11.8. The van der Waals surface area contributed by atoms with E-state index in [1.807, 2.05) is 112 Å². The number of hydrogen-bond donors (Lipinski definition) is 2. The highest BCUT2D eigenvalue weighted by Gasteiger charge is 2.56. The Hall–Kier alpha value is -7.54. The van der Waals surface area contributed by atoms with Crippen LogP contribution in [0.3, 0.4) is 0 Å². The van der Waals surface area contributed by atoms with Gasteiger partial charge in [0.1, 0.15) is 28.1 Å². The summed E-state index contributed by atoms with van der Waals surface area (Å²) in [6, 6.07) is 18.7. The van der Waals surface area contributed by atoms with Crippen LogP contribution in [0.4, 0.5) is 19.2 Å². The Morgan fingerprint density at radius 1 is 0.682 bits per heavy atom. The van der Waals surface area contributed by atoms with Crippen LogP contribution in [0.1, 0.15) is 179 Å². The average molecular weight is 1230 g/mol. The summed E-state index contributed by atoms with van der Waals surface area (Å²) < 4.78 is 28.4. The van der Waals surface area contributed by atoms with Crippen molar-refractivity contribution < 1.29 is 43.4 Å². The van der Waals surface area contributed by atoms with Crippen LogP contribution in [0.2, 0.25) is 10.0 Å². The maximum Gasteiger partial charge on any atom is 0.514 e. The van der Waals surface area contributed by atoms with Gasteiger partial charge in [0.05, 0.1) is 48.2 Å². The van der Waals surface area contributed by atoms with Gasteiger partial charge in [0.2, 0.25) is 0 Å². The minimum atomic E-state index is -0.886. The first kappa shape index (κ1) is 59.4. The number of benzene rings is 2. The number of pyridine rings is 2. The first-order chi connectivity index (χ1) is 42.1. The van der Waals surface area contributed by atoms with Crippen LogP contribution in [0.5, 0.6) is 0 Å². The van der Waals surface area contributed by atoms with Crippen molar-refractivity contribution in [2.24, 2.45) is 31.8 Å². The third-order valence-corrected chi connectivity index (χ3v) is 20.2. The van der Waals surface area contributed by atoms with E-state index in [2.05, 4.69) is 51.7 Å². The number of ether oxygens (including phenoxy) is 4. The number of nitrogens with zero attached hydrogens (tertiary/aromatic N) is 8. The number of aryl methyl sites for hydroxylation is 2. The van der Waals surface area contributed by atoms with Gasteiger partial charge in [0, 0.05) is 86.0 Å². The van der Waals surface area contributed by atoms with E-state index >= 15 is 0 Å². The van der Waals surface area contributed by atoms with Gasteiger partial charge in [0.15, 0.2) is 6.04 Å². The van der Waals surface area contributed by atoms with E-state index in [1.54, 1.807) is 35.3 Å². The molecule has 88 heavy (non-hydrogen) atoms. The zero-order valence-electron chi connectivity index (χ0n) is 51.0. The van der Waals surface area contributed by atoms with Gasteiger partial charge in [-0.1, -0.05) is 47.5 Å².